The molecule has 3 rings (SSSR count). The van der Waals surface area contributed by atoms with Crippen molar-refractivity contribution in [1.29, 1.82) is 0 Å². The van der Waals surface area contributed by atoms with Crippen molar-refractivity contribution in [2.75, 3.05) is 11.9 Å². The van der Waals surface area contributed by atoms with Gasteiger partial charge in [-0.3, -0.25) is 5.10 Å². The minimum absolute atomic E-state index is 0.0477. The van der Waals surface area contributed by atoms with Crippen LogP contribution in [0.1, 0.15) is 67.1 Å². The lowest BCUT2D eigenvalue weighted by atomic mass is 9.99. The number of nitrogens with zero attached hydrogens (tertiary/aromatic N) is 3. The fourth-order valence-electron chi connectivity index (χ4n) is 3.70. The van der Waals surface area contributed by atoms with Crippen LogP contribution >= 0.6 is 0 Å². The standard InChI is InChI=1S/C18H27N5O2/c1-5-14-17(13(4)25-22-14)19-18(24)23-10-8-6-7-9-15(23)16-11(2)20-21-12(16)3/h15H,5-10H2,1-4H3,(H,19,24)(H,20,21)/t15-/m1/s1. The number of carbonyl (C=O) groups is 1. The van der Waals surface area contributed by atoms with Crippen LogP contribution in [0.15, 0.2) is 4.52 Å². The normalized spacial score (nSPS) is 18.2. The molecule has 1 saturated heterocycles. The van der Waals surface area contributed by atoms with Gasteiger partial charge in [0.25, 0.3) is 0 Å². The topological polar surface area (TPSA) is 87.1 Å². The zero-order valence-electron chi connectivity index (χ0n) is 15.5. The Balaban J connectivity index is 1.88. The summed E-state index contributed by atoms with van der Waals surface area (Å²) in [4.78, 5) is 15.0. The Bertz CT molecular complexity index is 729. The number of amides is 2. The first-order chi connectivity index (χ1) is 12.0. The van der Waals surface area contributed by atoms with E-state index in [4.69, 9.17) is 4.52 Å². The summed E-state index contributed by atoms with van der Waals surface area (Å²) in [6.45, 7) is 8.59. The zero-order valence-corrected chi connectivity index (χ0v) is 15.5. The van der Waals surface area contributed by atoms with Gasteiger partial charge in [-0.2, -0.15) is 5.10 Å². The lowest BCUT2D eigenvalue weighted by molar-refractivity contribution is 0.189. The number of nitrogens with one attached hydrogen (secondary N) is 2. The van der Waals surface area contributed by atoms with Gasteiger partial charge in [0.2, 0.25) is 0 Å². The average Bonchev–Trinajstić information content (AvgIpc) is 3.00. The number of aromatic nitrogens is 3. The molecule has 1 aliphatic heterocycles. The van der Waals surface area contributed by atoms with Crippen LogP contribution in [-0.4, -0.2) is 32.8 Å². The molecule has 1 atom stereocenters. The molecule has 2 N–H and O–H groups in total. The van der Waals surface area contributed by atoms with Gasteiger partial charge in [0.15, 0.2) is 5.76 Å². The van der Waals surface area contributed by atoms with Crippen molar-refractivity contribution in [3.8, 4) is 0 Å². The number of hydrogen-bond acceptors (Lipinski definition) is 4. The van der Waals surface area contributed by atoms with E-state index < -0.39 is 0 Å². The van der Waals surface area contributed by atoms with Crippen molar-refractivity contribution >= 4 is 11.7 Å². The van der Waals surface area contributed by atoms with Crippen molar-refractivity contribution in [2.45, 2.75) is 65.8 Å². The van der Waals surface area contributed by atoms with E-state index in [9.17, 15) is 4.79 Å². The Labute approximate surface area is 148 Å². The highest BCUT2D eigenvalue weighted by Gasteiger charge is 2.31. The van der Waals surface area contributed by atoms with Gasteiger partial charge in [0.1, 0.15) is 11.4 Å². The van der Waals surface area contributed by atoms with Crippen molar-refractivity contribution in [3.63, 3.8) is 0 Å². The van der Waals surface area contributed by atoms with Crippen LogP contribution in [0.25, 0.3) is 0 Å². The van der Waals surface area contributed by atoms with Gasteiger partial charge in [-0.05, 0) is 40.0 Å². The number of rotatable bonds is 3. The lowest BCUT2D eigenvalue weighted by Crippen LogP contribution is -2.38. The highest BCUT2D eigenvalue weighted by Crippen LogP contribution is 2.34. The monoisotopic (exact) mass is 345 g/mol. The smallest absolute Gasteiger partial charge is 0.322 e. The molecule has 0 aliphatic carbocycles. The van der Waals surface area contributed by atoms with Crippen LogP contribution in [0.5, 0.6) is 0 Å². The molecule has 0 aromatic carbocycles. The number of H-pyrrole nitrogens is 1. The predicted octanol–water partition coefficient (Wildman–Crippen LogP) is 4.03. The third kappa shape index (κ3) is 3.41. The number of urea groups is 1. The third-order valence-corrected chi connectivity index (χ3v) is 5.03. The van der Waals surface area contributed by atoms with Crippen molar-refractivity contribution in [1.82, 2.24) is 20.3 Å². The van der Waals surface area contributed by atoms with Crippen LogP contribution < -0.4 is 5.32 Å². The summed E-state index contributed by atoms with van der Waals surface area (Å²) in [6, 6.07) is -0.0422. The summed E-state index contributed by atoms with van der Waals surface area (Å²) in [5, 5.41) is 14.4. The third-order valence-electron chi connectivity index (χ3n) is 5.03. The molecule has 0 saturated carbocycles. The van der Waals surface area contributed by atoms with Gasteiger partial charge in [-0.25, -0.2) is 4.79 Å². The van der Waals surface area contributed by atoms with Crippen LogP contribution in [0.3, 0.4) is 0 Å². The molecule has 1 fully saturated rings. The Morgan fingerprint density at radius 1 is 1.32 bits per heavy atom. The number of likely N-dealkylation sites (tertiary alicyclic amines) is 1. The van der Waals surface area contributed by atoms with E-state index in [2.05, 4.69) is 20.7 Å². The molecule has 0 bridgehead atoms. The Morgan fingerprint density at radius 2 is 2.12 bits per heavy atom. The second kappa shape index (κ2) is 7.29. The van der Waals surface area contributed by atoms with Crippen LogP contribution in [-0.2, 0) is 6.42 Å². The summed E-state index contributed by atoms with van der Waals surface area (Å²) >= 11 is 0. The fourth-order valence-corrected chi connectivity index (χ4v) is 3.70. The first kappa shape index (κ1) is 17.5. The van der Waals surface area contributed by atoms with Gasteiger partial charge >= 0.3 is 6.03 Å². The summed E-state index contributed by atoms with van der Waals surface area (Å²) in [5.74, 6) is 0.646. The molecule has 7 nitrogen and oxygen atoms in total. The number of aromatic amines is 1. The molecule has 2 aromatic heterocycles. The number of carbonyl (C=O) groups excluding carboxylic acids is 1. The van der Waals surface area contributed by atoms with Gasteiger partial charge in [-0.15, -0.1) is 0 Å². The Hall–Kier alpha value is -2.31. The highest BCUT2D eigenvalue weighted by molar-refractivity contribution is 5.90. The molecule has 25 heavy (non-hydrogen) atoms. The number of anilines is 1. The largest absolute Gasteiger partial charge is 0.359 e. The molecule has 0 spiro atoms. The van der Waals surface area contributed by atoms with Gasteiger partial charge in [-0.1, -0.05) is 24.9 Å². The minimum atomic E-state index is -0.0899. The van der Waals surface area contributed by atoms with E-state index >= 15 is 0 Å². The molecule has 2 aromatic rings. The minimum Gasteiger partial charge on any atom is -0.359 e. The summed E-state index contributed by atoms with van der Waals surface area (Å²) < 4.78 is 5.24. The predicted molar refractivity (Wildman–Crippen MR) is 95.6 cm³/mol. The van der Waals surface area contributed by atoms with Crippen LogP contribution in [0.2, 0.25) is 0 Å². The van der Waals surface area contributed by atoms with Crippen molar-refractivity contribution in [2.24, 2.45) is 0 Å². The Kier molecular flexibility index (Phi) is 5.11. The number of aryl methyl sites for hydroxylation is 4. The maximum absolute atomic E-state index is 13.1. The molecule has 0 radical (unpaired) electrons. The van der Waals surface area contributed by atoms with E-state index in [0.717, 1.165) is 61.3 Å². The molecule has 136 valence electrons. The second-order valence-corrected chi connectivity index (χ2v) is 6.75. The average molecular weight is 345 g/mol. The Morgan fingerprint density at radius 3 is 2.80 bits per heavy atom. The van der Waals surface area contributed by atoms with Gasteiger partial charge < -0.3 is 14.7 Å². The van der Waals surface area contributed by atoms with E-state index in [-0.39, 0.29) is 12.1 Å². The molecule has 3 heterocycles. The maximum atomic E-state index is 13.1. The zero-order chi connectivity index (χ0) is 18.0. The van der Waals surface area contributed by atoms with E-state index in [1.807, 2.05) is 32.6 Å². The number of hydrogen-bond donors (Lipinski definition) is 2. The fraction of sp³-hybridized carbons (Fsp3) is 0.611. The summed E-state index contributed by atoms with van der Waals surface area (Å²) in [6.07, 6.45) is 4.95. The van der Waals surface area contributed by atoms with Gasteiger partial charge in [0.05, 0.1) is 11.7 Å². The van der Waals surface area contributed by atoms with E-state index in [0.29, 0.717) is 11.4 Å². The molecule has 2 amide bonds. The molecule has 7 heteroatoms. The molecular formula is C18H27N5O2. The first-order valence-electron chi connectivity index (χ1n) is 9.07. The lowest BCUT2D eigenvalue weighted by Gasteiger charge is -2.30. The summed E-state index contributed by atoms with van der Waals surface area (Å²) in [5.41, 5.74) is 4.65. The first-order valence-corrected chi connectivity index (χ1v) is 9.07. The quantitative estimate of drug-likeness (QED) is 0.879. The van der Waals surface area contributed by atoms with Crippen molar-refractivity contribution < 1.29 is 9.32 Å². The molecule has 0 unspecified atom stereocenters. The second-order valence-electron chi connectivity index (χ2n) is 6.75. The maximum Gasteiger partial charge on any atom is 0.322 e. The van der Waals surface area contributed by atoms with E-state index in [1.54, 1.807) is 0 Å². The van der Waals surface area contributed by atoms with Crippen molar-refractivity contribution in [3.05, 3.63) is 28.4 Å². The van der Waals surface area contributed by atoms with Crippen LogP contribution in [0.4, 0.5) is 10.5 Å². The molecular weight excluding hydrogens is 318 g/mol. The SMILES string of the molecule is CCc1noc(C)c1NC(=O)N1CCCCC[C@@H]1c1c(C)n[nH]c1C. The highest BCUT2D eigenvalue weighted by atomic mass is 16.5. The van der Waals surface area contributed by atoms with E-state index in [1.165, 1.54) is 0 Å². The van der Waals surface area contributed by atoms with Crippen LogP contribution in [0, 0.1) is 20.8 Å². The summed E-state index contributed by atoms with van der Waals surface area (Å²) in [7, 11) is 0. The molecule has 1 aliphatic rings. The van der Waals surface area contributed by atoms with Gasteiger partial charge in [0, 0.05) is 17.8 Å².